The predicted octanol–water partition coefficient (Wildman–Crippen LogP) is 7.46. The first-order valence-electron chi connectivity index (χ1n) is 9.12. The number of rotatable bonds is 7. The minimum absolute atomic E-state index is 0.214. The van der Waals surface area contributed by atoms with Gasteiger partial charge in [-0.05, 0) is 60.9 Å². The Morgan fingerprint density at radius 1 is 0.828 bits per heavy atom. The second-order valence-corrected chi connectivity index (χ2v) is 7.96. The lowest BCUT2D eigenvalue weighted by Gasteiger charge is -2.16. The highest BCUT2D eigenvalue weighted by atomic mass is 35.5. The van der Waals surface area contributed by atoms with E-state index in [1.807, 2.05) is 6.07 Å². The van der Waals surface area contributed by atoms with Gasteiger partial charge < -0.3 is 14.8 Å². The van der Waals surface area contributed by atoms with Gasteiger partial charge >= 0.3 is 0 Å². The molecule has 0 aliphatic rings. The molecule has 3 rings (SSSR count). The number of hydrogen-bond acceptors (Lipinski definition) is 3. The quantitative estimate of drug-likeness (QED) is 0.405. The molecule has 0 aliphatic carbocycles. The Kier molecular flexibility index (Phi) is 7.18. The van der Waals surface area contributed by atoms with E-state index in [1.165, 1.54) is 11.1 Å². The van der Waals surface area contributed by atoms with Crippen molar-refractivity contribution in [1.29, 1.82) is 0 Å². The maximum atomic E-state index is 6.50. The van der Waals surface area contributed by atoms with Gasteiger partial charge in [-0.25, -0.2) is 0 Å². The van der Waals surface area contributed by atoms with Crippen molar-refractivity contribution in [3.63, 3.8) is 0 Å². The van der Waals surface area contributed by atoms with Crippen molar-refractivity contribution in [3.8, 4) is 11.5 Å². The topological polar surface area (TPSA) is 30.5 Å². The van der Waals surface area contributed by atoms with Crippen LogP contribution in [0.5, 0.6) is 11.5 Å². The zero-order valence-electron chi connectivity index (χ0n) is 16.5. The fourth-order valence-electron chi connectivity index (χ4n) is 2.85. The van der Waals surface area contributed by atoms with Crippen LogP contribution in [0.15, 0.2) is 48.5 Å². The molecule has 0 aromatic heterocycles. The largest absolute Gasteiger partial charge is 0.493 e. The first kappa shape index (κ1) is 21.6. The standard InChI is InChI=1S/C23H22Cl3NO2/c1-14-7-8-17(9-15(14)2)27-12-16-10-22(28-3)23(11-21(16)26)29-13-18-19(24)5-4-6-20(18)25/h4-11,27H,12-13H2,1-3H3. The van der Waals surface area contributed by atoms with Crippen LogP contribution in [-0.4, -0.2) is 7.11 Å². The maximum absolute atomic E-state index is 6.50. The van der Waals surface area contributed by atoms with Crippen LogP contribution in [-0.2, 0) is 13.2 Å². The molecule has 3 aromatic carbocycles. The average Bonchev–Trinajstić information content (AvgIpc) is 2.69. The van der Waals surface area contributed by atoms with Gasteiger partial charge in [0.2, 0.25) is 0 Å². The Morgan fingerprint density at radius 2 is 1.55 bits per heavy atom. The molecular formula is C23H22Cl3NO2. The Balaban J connectivity index is 1.75. The van der Waals surface area contributed by atoms with Crippen LogP contribution in [0.3, 0.4) is 0 Å². The van der Waals surface area contributed by atoms with E-state index in [-0.39, 0.29) is 6.61 Å². The van der Waals surface area contributed by atoms with E-state index in [2.05, 4.69) is 37.4 Å². The van der Waals surface area contributed by atoms with E-state index in [0.29, 0.717) is 33.1 Å². The normalized spacial score (nSPS) is 10.7. The molecule has 29 heavy (non-hydrogen) atoms. The average molecular weight is 451 g/mol. The van der Waals surface area contributed by atoms with Crippen LogP contribution in [0.4, 0.5) is 5.69 Å². The van der Waals surface area contributed by atoms with Gasteiger partial charge in [-0.1, -0.05) is 46.9 Å². The van der Waals surface area contributed by atoms with Crippen LogP contribution in [0.25, 0.3) is 0 Å². The number of methoxy groups -OCH3 is 1. The van der Waals surface area contributed by atoms with Gasteiger partial charge in [0.05, 0.1) is 7.11 Å². The van der Waals surface area contributed by atoms with Crippen molar-refractivity contribution in [2.24, 2.45) is 0 Å². The molecule has 0 amide bonds. The number of halogens is 3. The van der Waals surface area contributed by atoms with E-state index in [0.717, 1.165) is 16.8 Å². The van der Waals surface area contributed by atoms with Gasteiger partial charge in [0, 0.05) is 38.9 Å². The summed E-state index contributed by atoms with van der Waals surface area (Å²) in [5.74, 6) is 1.12. The zero-order valence-corrected chi connectivity index (χ0v) is 18.8. The molecule has 3 nitrogen and oxygen atoms in total. The van der Waals surface area contributed by atoms with Crippen molar-refractivity contribution < 1.29 is 9.47 Å². The minimum atomic E-state index is 0.214. The van der Waals surface area contributed by atoms with Gasteiger partial charge in [-0.3, -0.25) is 0 Å². The fraction of sp³-hybridized carbons (Fsp3) is 0.217. The summed E-state index contributed by atoms with van der Waals surface area (Å²) in [6.45, 7) is 4.96. The monoisotopic (exact) mass is 449 g/mol. The lowest BCUT2D eigenvalue weighted by Crippen LogP contribution is -2.03. The van der Waals surface area contributed by atoms with Gasteiger partial charge in [0.1, 0.15) is 6.61 Å². The highest BCUT2D eigenvalue weighted by molar-refractivity contribution is 6.36. The van der Waals surface area contributed by atoms with Crippen molar-refractivity contribution >= 4 is 40.5 Å². The van der Waals surface area contributed by atoms with Crippen LogP contribution in [0.2, 0.25) is 15.1 Å². The number of hydrogen-bond donors (Lipinski definition) is 1. The molecule has 0 heterocycles. The smallest absolute Gasteiger partial charge is 0.163 e. The first-order valence-corrected chi connectivity index (χ1v) is 10.3. The molecule has 1 N–H and O–H groups in total. The Bertz CT molecular complexity index is 1000. The summed E-state index contributed by atoms with van der Waals surface area (Å²) in [5.41, 5.74) is 5.16. The second-order valence-electron chi connectivity index (χ2n) is 6.74. The van der Waals surface area contributed by atoms with Crippen LogP contribution in [0.1, 0.15) is 22.3 Å². The lowest BCUT2D eigenvalue weighted by atomic mass is 10.1. The number of ether oxygens (including phenoxy) is 2. The molecule has 3 aromatic rings. The number of aryl methyl sites for hydroxylation is 2. The molecule has 0 unspecified atom stereocenters. The second kappa shape index (κ2) is 9.62. The number of benzene rings is 3. The Hall–Kier alpha value is -2.07. The summed E-state index contributed by atoms with van der Waals surface area (Å²) in [6.07, 6.45) is 0. The Morgan fingerprint density at radius 3 is 2.21 bits per heavy atom. The van der Waals surface area contributed by atoms with Crippen molar-refractivity contribution in [2.75, 3.05) is 12.4 Å². The van der Waals surface area contributed by atoms with Gasteiger partial charge in [0.25, 0.3) is 0 Å². The van der Waals surface area contributed by atoms with Crippen molar-refractivity contribution in [1.82, 2.24) is 0 Å². The molecule has 0 aliphatic heterocycles. The van der Waals surface area contributed by atoms with E-state index in [9.17, 15) is 0 Å². The third-order valence-corrected chi connectivity index (χ3v) is 5.82. The molecule has 152 valence electrons. The van der Waals surface area contributed by atoms with Crippen LogP contribution in [0, 0.1) is 13.8 Å². The minimum Gasteiger partial charge on any atom is -0.493 e. The molecular weight excluding hydrogens is 429 g/mol. The maximum Gasteiger partial charge on any atom is 0.163 e. The van der Waals surface area contributed by atoms with Gasteiger partial charge in [-0.15, -0.1) is 0 Å². The molecule has 0 spiro atoms. The van der Waals surface area contributed by atoms with Crippen LogP contribution < -0.4 is 14.8 Å². The van der Waals surface area contributed by atoms with E-state index in [1.54, 1.807) is 31.4 Å². The van der Waals surface area contributed by atoms with Crippen molar-refractivity contribution in [2.45, 2.75) is 27.0 Å². The third-order valence-electron chi connectivity index (χ3n) is 4.76. The zero-order chi connectivity index (χ0) is 21.0. The molecule has 0 bridgehead atoms. The summed E-state index contributed by atoms with van der Waals surface area (Å²) >= 11 is 18.9. The number of nitrogens with one attached hydrogen (secondary N) is 1. The van der Waals surface area contributed by atoms with E-state index >= 15 is 0 Å². The summed E-state index contributed by atoms with van der Waals surface area (Å²) in [4.78, 5) is 0. The molecule has 0 radical (unpaired) electrons. The molecule has 0 fully saturated rings. The highest BCUT2D eigenvalue weighted by Gasteiger charge is 2.13. The first-order chi connectivity index (χ1) is 13.9. The van der Waals surface area contributed by atoms with Crippen molar-refractivity contribution in [3.05, 3.63) is 85.9 Å². The van der Waals surface area contributed by atoms with E-state index in [4.69, 9.17) is 44.3 Å². The summed E-state index contributed by atoms with van der Waals surface area (Å²) in [6, 6.07) is 15.2. The molecule has 6 heteroatoms. The van der Waals surface area contributed by atoms with Gasteiger partial charge in [0.15, 0.2) is 11.5 Å². The predicted molar refractivity (Wildman–Crippen MR) is 122 cm³/mol. The molecule has 0 saturated carbocycles. The third kappa shape index (κ3) is 5.30. The highest BCUT2D eigenvalue weighted by Crippen LogP contribution is 2.35. The summed E-state index contributed by atoms with van der Waals surface area (Å²) in [5, 5.41) is 5.09. The van der Waals surface area contributed by atoms with E-state index < -0.39 is 0 Å². The molecule has 0 saturated heterocycles. The number of anilines is 1. The van der Waals surface area contributed by atoms with Gasteiger partial charge in [-0.2, -0.15) is 0 Å². The SMILES string of the molecule is COc1cc(CNc2ccc(C)c(C)c2)c(Cl)cc1OCc1c(Cl)cccc1Cl. The summed E-state index contributed by atoms with van der Waals surface area (Å²) in [7, 11) is 1.60. The lowest BCUT2D eigenvalue weighted by molar-refractivity contribution is 0.284. The van der Waals surface area contributed by atoms with Crippen LogP contribution >= 0.6 is 34.8 Å². The fourth-order valence-corrected chi connectivity index (χ4v) is 3.58. The Labute approximate surface area is 186 Å². The summed E-state index contributed by atoms with van der Waals surface area (Å²) < 4.78 is 11.4. The molecule has 0 atom stereocenters.